The second-order valence-electron chi connectivity index (χ2n) is 5.91. The zero-order chi connectivity index (χ0) is 16.4. The molecule has 1 amide bonds. The van der Waals surface area contributed by atoms with E-state index in [-0.39, 0.29) is 11.5 Å². The minimum Gasteiger partial charge on any atom is -0.337 e. The van der Waals surface area contributed by atoms with Crippen molar-refractivity contribution in [3.8, 4) is 0 Å². The van der Waals surface area contributed by atoms with Crippen molar-refractivity contribution in [2.75, 3.05) is 39.3 Å². The lowest BCUT2D eigenvalue weighted by molar-refractivity contribution is -0.141. The minimum absolute atomic E-state index is 0.207. The number of hydrogen-bond donors (Lipinski definition) is 1. The van der Waals surface area contributed by atoms with Crippen molar-refractivity contribution in [1.82, 2.24) is 20.1 Å². The zero-order valence-corrected chi connectivity index (χ0v) is 12.6. The summed E-state index contributed by atoms with van der Waals surface area (Å²) in [5.41, 5.74) is -0.770. The molecule has 0 radical (unpaired) electrons. The van der Waals surface area contributed by atoms with Gasteiger partial charge < -0.3 is 10.2 Å². The van der Waals surface area contributed by atoms with Gasteiger partial charge in [0, 0.05) is 51.5 Å². The Balaban J connectivity index is 1.62. The molecule has 23 heavy (non-hydrogen) atoms. The van der Waals surface area contributed by atoms with Crippen LogP contribution in [0.2, 0.25) is 0 Å². The predicted molar refractivity (Wildman–Crippen MR) is 78.0 cm³/mol. The first-order valence-electron chi connectivity index (χ1n) is 7.72. The van der Waals surface area contributed by atoms with Gasteiger partial charge in [0.25, 0.3) is 5.91 Å². The first-order valence-corrected chi connectivity index (χ1v) is 7.72. The van der Waals surface area contributed by atoms with E-state index in [1.54, 1.807) is 4.90 Å². The number of rotatable bonds is 2. The van der Waals surface area contributed by atoms with Crippen LogP contribution >= 0.6 is 0 Å². The van der Waals surface area contributed by atoms with E-state index in [1.807, 2.05) is 0 Å². The molecule has 0 aromatic carbocycles. The van der Waals surface area contributed by atoms with Crippen molar-refractivity contribution in [1.29, 1.82) is 0 Å². The van der Waals surface area contributed by atoms with Crippen LogP contribution in [0.5, 0.6) is 0 Å². The molecule has 0 spiro atoms. The molecular formula is C15H19F3N4O. The summed E-state index contributed by atoms with van der Waals surface area (Å²) in [6.07, 6.45) is -2.56. The van der Waals surface area contributed by atoms with Crippen LogP contribution in [0.25, 0.3) is 0 Å². The highest BCUT2D eigenvalue weighted by molar-refractivity contribution is 5.94. The van der Waals surface area contributed by atoms with Crippen molar-refractivity contribution < 1.29 is 18.0 Å². The summed E-state index contributed by atoms with van der Waals surface area (Å²) >= 11 is 0. The van der Waals surface area contributed by atoms with E-state index in [2.05, 4.69) is 15.2 Å². The summed E-state index contributed by atoms with van der Waals surface area (Å²) in [5.74, 6) is -0.246. The standard InChI is InChI=1S/C15H19F3N4O/c16-15(17,18)13-2-1-11(9-20-13)14(23)22-6-3-12(10-22)21-7-4-19-5-8-21/h1-2,9,12,19H,3-8,10H2. The number of hydrogen-bond acceptors (Lipinski definition) is 4. The van der Waals surface area contributed by atoms with Gasteiger partial charge in [-0.25, -0.2) is 0 Å². The fourth-order valence-electron chi connectivity index (χ4n) is 3.14. The number of alkyl halides is 3. The van der Waals surface area contributed by atoms with Gasteiger partial charge in [-0.3, -0.25) is 14.7 Å². The number of carbonyl (C=O) groups is 1. The maximum Gasteiger partial charge on any atom is 0.433 e. The molecule has 3 heterocycles. The van der Waals surface area contributed by atoms with Gasteiger partial charge in [-0.1, -0.05) is 0 Å². The average Bonchev–Trinajstić information content (AvgIpc) is 3.04. The zero-order valence-electron chi connectivity index (χ0n) is 12.6. The molecule has 2 fully saturated rings. The molecule has 2 aliphatic heterocycles. The van der Waals surface area contributed by atoms with E-state index in [0.717, 1.165) is 44.9 Å². The van der Waals surface area contributed by atoms with Gasteiger partial charge in [0.2, 0.25) is 0 Å². The number of amides is 1. The molecule has 1 N–H and O–H groups in total. The van der Waals surface area contributed by atoms with Gasteiger partial charge in [0.05, 0.1) is 5.56 Å². The number of nitrogens with one attached hydrogen (secondary N) is 1. The molecule has 0 saturated carbocycles. The molecular weight excluding hydrogens is 309 g/mol. The quantitative estimate of drug-likeness (QED) is 0.887. The summed E-state index contributed by atoms with van der Waals surface area (Å²) in [7, 11) is 0. The molecule has 8 heteroatoms. The van der Waals surface area contributed by atoms with Gasteiger partial charge in [-0.05, 0) is 18.6 Å². The molecule has 1 aromatic heterocycles. The number of piperazine rings is 1. The summed E-state index contributed by atoms with van der Waals surface area (Å²) in [6, 6.07) is 2.40. The van der Waals surface area contributed by atoms with Crippen LogP contribution in [-0.4, -0.2) is 66.0 Å². The number of carbonyl (C=O) groups excluding carboxylic acids is 1. The topological polar surface area (TPSA) is 48.5 Å². The number of pyridine rings is 1. The molecule has 1 atom stereocenters. The number of nitrogens with zero attached hydrogens (tertiary/aromatic N) is 3. The molecule has 5 nitrogen and oxygen atoms in total. The smallest absolute Gasteiger partial charge is 0.337 e. The highest BCUT2D eigenvalue weighted by atomic mass is 19.4. The van der Waals surface area contributed by atoms with Crippen molar-refractivity contribution in [3.63, 3.8) is 0 Å². The van der Waals surface area contributed by atoms with Crippen LogP contribution in [0.1, 0.15) is 22.5 Å². The monoisotopic (exact) mass is 328 g/mol. The Bertz CT molecular complexity index is 555. The fourth-order valence-corrected chi connectivity index (χ4v) is 3.14. The lowest BCUT2D eigenvalue weighted by Crippen LogP contribution is -2.49. The minimum atomic E-state index is -4.48. The third kappa shape index (κ3) is 3.64. The molecule has 2 saturated heterocycles. The van der Waals surface area contributed by atoms with E-state index < -0.39 is 11.9 Å². The predicted octanol–water partition coefficient (Wildman–Crippen LogP) is 1.22. The molecule has 126 valence electrons. The van der Waals surface area contributed by atoms with Crippen molar-refractivity contribution in [2.45, 2.75) is 18.6 Å². The Hall–Kier alpha value is -1.67. The van der Waals surface area contributed by atoms with Crippen LogP contribution < -0.4 is 5.32 Å². The van der Waals surface area contributed by atoms with E-state index in [9.17, 15) is 18.0 Å². The second kappa shape index (κ2) is 6.45. The fraction of sp³-hybridized carbons (Fsp3) is 0.600. The average molecular weight is 328 g/mol. The van der Waals surface area contributed by atoms with Crippen LogP contribution in [0.3, 0.4) is 0 Å². The van der Waals surface area contributed by atoms with Gasteiger partial charge in [-0.15, -0.1) is 0 Å². The highest BCUT2D eigenvalue weighted by Crippen LogP contribution is 2.27. The Morgan fingerprint density at radius 3 is 2.57 bits per heavy atom. The molecule has 3 rings (SSSR count). The summed E-state index contributed by atoms with van der Waals surface area (Å²) in [5, 5.41) is 3.29. The Kier molecular flexibility index (Phi) is 4.54. The number of aromatic nitrogens is 1. The van der Waals surface area contributed by atoms with Gasteiger partial charge in [-0.2, -0.15) is 13.2 Å². The van der Waals surface area contributed by atoms with E-state index in [0.29, 0.717) is 19.1 Å². The lowest BCUT2D eigenvalue weighted by Gasteiger charge is -2.32. The van der Waals surface area contributed by atoms with Gasteiger partial charge in [0.1, 0.15) is 5.69 Å². The normalized spacial score (nSPS) is 23.3. The molecule has 1 aromatic rings. The van der Waals surface area contributed by atoms with Gasteiger partial charge >= 0.3 is 6.18 Å². The highest BCUT2D eigenvalue weighted by Gasteiger charge is 2.34. The molecule has 0 bridgehead atoms. The summed E-state index contributed by atoms with van der Waals surface area (Å²) in [6.45, 7) is 5.10. The maximum atomic E-state index is 12.5. The largest absolute Gasteiger partial charge is 0.433 e. The van der Waals surface area contributed by atoms with E-state index >= 15 is 0 Å². The van der Waals surface area contributed by atoms with Gasteiger partial charge in [0.15, 0.2) is 0 Å². The third-order valence-electron chi connectivity index (χ3n) is 4.42. The molecule has 1 unspecified atom stereocenters. The summed E-state index contributed by atoms with van der Waals surface area (Å²) < 4.78 is 37.5. The Morgan fingerprint density at radius 2 is 1.96 bits per heavy atom. The first-order chi connectivity index (χ1) is 10.9. The van der Waals surface area contributed by atoms with Crippen LogP contribution in [0.15, 0.2) is 18.3 Å². The van der Waals surface area contributed by atoms with E-state index in [1.165, 1.54) is 6.07 Å². The van der Waals surface area contributed by atoms with E-state index in [4.69, 9.17) is 0 Å². The Morgan fingerprint density at radius 1 is 1.22 bits per heavy atom. The van der Waals surface area contributed by atoms with Crippen molar-refractivity contribution in [3.05, 3.63) is 29.6 Å². The van der Waals surface area contributed by atoms with Crippen molar-refractivity contribution >= 4 is 5.91 Å². The van der Waals surface area contributed by atoms with Crippen LogP contribution in [0.4, 0.5) is 13.2 Å². The second-order valence-corrected chi connectivity index (χ2v) is 5.91. The first kappa shape index (κ1) is 16.2. The number of halogens is 3. The Labute approximate surface area is 132 Å². The maximum absolute atomic E-state index is 12.5. The number of likely N-dealkylation sites (tertiary alicyclic amines) is 1. The molecule has 0 aliphatic carbocycles. The molecule has 2 aliphatic rings. The third-order valence-corrected chi connectivity index (χ3v) is 4.42. The van der Waals surface area contributed by atoms with Crippen molar-refractivity contribution in [2.24, 2.45) is 0 Å². The lowest BCUT2D eigenvalue weighted by atomic mass is 10.2. The van der Waals surface area contributed by atoms with Crippen LogP contribution in [-0.2, 0) is 6.18 Å². The van der Waals surface area contributed by atoms with Crippen LogP contribution in [0, 0.1) is 0 Å². The summed E-state index contributed by atoms with van der Waals surface area (Å²) in [4.78, 5) is 19.8. The SMILES string of the molecule is O=C(c1ccc(C(F)(F)F)nc1)N1CCC(N2CCNCC2)C1.